The van der Waals surface area contributed by atoms with Crippen molar-refractivity contribution < 1.29 is 38.4 Å². The molecule has 10 heteroatoms. The van der Waals surface area contributed by atoms with Crippen LogP contribution in [-0.4, -0.2) is 36.6 Å². The molecule has 0 aliphatic rings. The molecule has 3 N–H and O–H groups in total. The molecule has 0 spiro atoms. The third-order valence-corrected chi connectivity index (χ3v) is 7.13. The van der Waals surface area contributed by atoms with Gasteiger partial charge in [-0.3, -0.25) is 9.59 Å². The van der Waals surface area contributed by atoms with Crippen molar-refractivity contribution in [1.82, 2.24) is 0 Å². The van der Waals surface area contributed by atoms with Gasteiger partial charge in [0.25, 0.3) is 0 Å². The number of hydrogen-bond acceptors (Lipinski definition) is 10. The molecule has 0 bridgehead atoms. The molecule has 6 rings (SSSR count). The summed E-state index contributed by atoms with van der Waals surface area (Å²) in [6, 6.07) is 18.2. The van der Waals surface area contributed by atoms with Gasteiger partial charge in [-0.1, -0.05) is 0 Å². The van der Waals surface area contributed by atoms with E-state index in [1.807, 2.05) is 0 Å². The normalized spacial score (nSPS) is 11.1. The van der Waals surface area contributed by atoms with E-state index in [4.69, 9.17) is 23.0 Å². The number of aromatic hydroxyl groups is 3. The van der Waals surface area contributed by atoms with Gasteiger partial charge in [0, 0.05) is 46.5 Å². The second-order valence-electron chi connectivity index (χ2n) is 9.61. The van der Waals surface area contributed by atoms with Gasteiger partial charge in [-0.15, -0.1) is 0 Å². The lowest BCUT2D eigenvalue weighted by molar-refractivity contribution is 0.408. The quantitative estimate of drug-likeness (QED) is 0.213. The van der Waals surface area contributed by atoms with Gasteiger partial charge in [0.05, 0.1) is 26.7 Å². The lowest BCUT2D eigenvalue weighted by Crippen LogP contribution is -2.03. The fourth-order valence-corrected chi connectivity index (χ4v) is 4.95. The van der Waals surface area contributed by atoms with Crippen LogP contribution in [-0.2, 0) is 0 Å². The fourth-order valence-electron chi connectivity index (χ4n) is 4.95. The maximum atomic E-state index is 13.3. The van der Waals surface area contributed by atoms with Gasteiger partial charge in [-0.05, 0) is 48.5 Å². The Hall–Kier alpha value is -5.90. The van der Waals surface area contributed by atoms with Crippen LogP contribution in [0.2, 0.25) is 0 Å². The summed E-state index contributed by atoms with van der Waals surface area (Å²) < 4.78 is 27.7. The molecule has 2 heterocycles. The van der Waals surface area contributed by atoms with Crippen LogP contribution in [0.3, 0.4) is 0 Å². The van der Waals surface area contributed by atoms with Crippen molar-refractivity contribution in [3.05, 3.63) is 93.2 Å². The van der Waals surface area contributed by atoms with Crippen molar-refractivity contribution >= 4 is 21.9 Å². The highest BCUT2D eigenvalue weighted by Crippen LogP contribution is 2.42. The Bertz CT molecular complexity index is 2160. The molecule has 0 fully saturated rings. The molecular formula is C33H24O10. The van der Waals surface area contributed by atoms with Crippen LogP contribution in [0.25, 0.3) is 55.7 Å². The standard InChI is InChI=1S/C33H24O10/c1-39-18-7-4-16(5-8-18)33-32(38)31(37)22-13-20(23(34)14-28(22)43-33)21-10-17(6-9-26(21)41-3)27-15-25(36)30-24(35)11-19(40-2)12-29(30)42-27/h4-15,34-35,38H,1-3H3. The van der Waals surface area contributed by atoms with E-state index < -0.39 is 16.6 Å². The van der Waals surface area contributed by atoms with Crippen LogP contribution in [0.1, 0.15) is 0 Å². The highest BCUT2D eigenvalue weighted by atomic mass is 16.5. The van der Waals surface area contributed by atoms with Gasteiger partial charge in [0.2, 0.25) is 11.2 Å². The van der Waals surface area contributed by atoms with Crippen LogP contribution >= 0.6 is 0 Å². The Labute approximate surface area is 243 Å². The van der Waals surface area contributed by atoms with Crippen LogP contribution in [0, 0.1) is 0 Å². The number of benzene rings is 4. The topological polar surface area (TPSA) is 149 Å². The highest BCUT2D eigenvalue weighted by molar-refractivity contribution is 5.92. The summed E-state index contributed by atoms with van der Waals surface area (Å²) in [6.07, 6.45) is 0. The molecule has 0 radical (unpaired) electrons. The molecule has 43 heavy (non-hydrogen) atoms. The first-order valence-corrected chi connectivity index (χ1v) is 12.9. The average Bonchev–Trinajstić information content (AvgIpc) is 3.01. The molecule has 0 amide bonds. The van der Waals surface area contributed by atoms with Crippen molar-refractivity contribution in [2.75, 3.05) is 21.3 Å². The summed E-state index contributed by atoms with van der Waals surface area (Å²) in [5, 5.41) is 32.2. The van der Waals surface area contributed by atoms with E-state index in [1.165, 1.54) is 51.7 Å². The van der Waals surface area contributed by atoms with Gasteiger partial charge in [-0.25, -0.2) is 0 Å². The number of rotatable bonds is 6. The Morgan fingerprint density at radius 3 is 2.05 bits per heavy atom. The first-order chi connectivity index (χ1) is 20.7. The zero-order chi connectivity index (χ0) is 30.4. The molecule has 6 aromatic rings. The van der Waals surface area contributed by atoms with Crippen LogP contribution in [0.15, 0.2) is 91.2 Å². The second kappa shape index (κ2) is 10.5. The molecular weight excluding hydrogens is 556 g/mol. The van der Waals surface area contributed by atoms with Crippen molar-refractivity contribution in [3.63, 3.8) is 0 Å². The number of phenolic OH excluding ortho intramolecular Hbond substituents is 2. The smallest absolute Gasteiger partial charge is 0.235 e. The van der Waals surface area contributed by atoms with E-state index in [2.05, 4.69) is 0 Å². The molecule has 0 unspecified atom stereocenters. The van der Waals surface area contributed by atoms with Crippen molar-refractivity contribution in [1.29, 1.82) is 0 Å². The van der Waals surface area contributed by atoms with Gasteiger partial charge in [0.1, 0.15) is 51.1 Å². The van der Waals surface area contributed by atoms with Gasteiger partial charge in [-0.2, -0.15) is 0 Å². The zero-order valence-electron chi connectivity index (χ0n) is 23.1. The summed E-state index contributed by atoms with van der Waals surface area (Å²) in [5.41, 5.74) is 0.469. The van der Waals surface area contributed by atoms with Crippen molar-refractivity contribution in [2.24, 2.45) is 0 Å². The van der Waals surface area contributed by atoms with Crippen molar-refractivity contribution in [3.8, 4) is 68.3 Å². The lowest BCUT2D eigenvalue weighted by Gasteiger charge is -2.14. The minimum atomic E-state index is -0.697. The summed E-state index contributed by atoms with van der Waals surface area (Å²) >= 11 is 0. The highest BCUT2D eigenvalue weighted by Gasteiger charge is 2.21. The molecule has 4 aromatic carbocycles. The first-order valence-electron chi connectivity index (χ1n) is 12.9. The van der Waals surface area contributed by atoms with E-state index in [9.17, 15) is 24.9 Å². The summed E-state index contributed by atoms with van der Waals surface area (Å²) in [5.74, 6) is 0.271. The maximum Gasteiger partial charge on any atom is 0.235 e. The molecule has 10 nitrogen and oxygen atoms in total. The van der Waals surface area contributed by atoms with Crippen LogP contribution in [0.5, 0.6) is 34.5 Å². The number of fused-ring (bicyclic) bond motifs is 2. The number of methoxy groups -OCH3 is 3. The van der Waals surface area contributed by atoms with E-state index in [0.717, 1.165) is 0 Å². The molecule has 0 aliphatic carbocycles. The molecule has 0 saturated heterocycles. The minimum absolute atomic E-state index is 0.00556. The number of hydrogen-bond donors (Lipinski definition) is 3. The first kappa shape index (κ1) is 27.3. The second-order valence-corrected chi connectivity index (χ2v) is 9.61. The Balaban J connectivity index is 1.51. The predicted molar refractivity (Wildman–Crippen MR) is 159 cm³/mol. The SMILES string of the molecule is COc1ccc(-c2oc3cc(O)c(-c4cc(-c5cc(=O)c6c(O)cc(OC)cc6o5)ccc4OC)cc3c(=O)c2O)cc1. The summed E-state index contributed by atoms with van der Waals surface area (Å²) in [7, 11) is 4.39. The van der Waals surface area contributed by atoms with Crippen molar-refractivity contribution in [2.45, 2.75) is 0 Å². The lowest BCUT2D eigenvalue weighted by atomic mass is 9.97. The van der Waals surface area contributed by atoms with Crippen LogP contribution < -0.4 is 25.1 Å². The summed E-state index contributed by atoms with van der Waals surface area (Å²) in [6.45, 7) is 0. The largest absolute Gasteiger partial charge is 0.507 e. The monoisotopic (exact) mass is 580 g/mol. The molecule has 0 atom stereocenters. The molecule has 216 valence electrons. The van der Waals surface area contributed by atoms with E-state index >= 15 is 0 Å². The van der Waals surface area contributed by atoms with E-state index in [1.54, 1.807) is 42.5 Å². The Morgan fingerprint density at radius 1 is 0.628 bits per heavy atom. The van der Waals surface area contributed by atoms with Gasteiger partial charge < -0.3 is 38.4 Å². The number of phenols is 2. The van der Waals surface area contributed by atoms with Crippen LogP contribution in [0.4, 0.5) is 0 Å². The van der Waals surface area contributed by atoms with E-state index in [0.29, 0.717) is 33.9 Å². The zero-order valence-corrected chi connectivity index (χ0v) is 23.1. The average molecular weight is 581 g/mol. The third-order valence-electron chi connectivity index (χ3n) is 7.13. The minimum Gasteiger partial charge on any atom is -0.507 e. The van der Waals surface area contributed by atoms with Gasteiger partial charge >= 0.3 is 0 Å². The number of ether oxygens (including phenoxy) is 3. The van der Waals surface area contributed by atoms with E-state index in [-0.39, 0.29) is 50.5 Å². The Morgan fingerprint density at radius 2 is 1.35 bits per heavy atom. The molecule has 0 saturated carbocycles. The summed E-state index contributed by atoms with van der Waals surface area (Å²) in [4.78, 5) is 26.2. The molecule has 2 aromatic heterocycles. The predicted octanol–water partition coefficient (Wildman–Crippen LogP) is 6.04. The molecule has 0 aliphatic heterocycles. The maximum absolute atomic E-state index is 13.3. The third kappa shape index (κ3) is 4.64. The fraction of sp³-hybridized carbons (Fsp3) is 0.0909. The Kier molecular flexibility index (Phi) is 6.66. The van der Waals surface area contributed by atoms with Gasteiger partial charge in [0.15, 0.2) is 11.2 Å².